The topological polar surface area (TPSA) is 60.4 Å². The maximum Gasteiger partial charge on any atom is 0.419 e. The number of nitrogens with zero attached hydrogens (tertiary/aromatic N) is 6. The monoisotopic (exact) mass is 627 g/mol. The second-order valence-electron chi connectivity index (χ2n) is 11.1. The number of hydrogen-bond donors (Lipinski definition) is 1. The van der Waals surface area contributed by atoms with Crippen molar-refractivity contribution in [3.05, 3.63) is 101 Å². The zero-order valence-electron chi connectivity index (χ0n) is 24.2. The Morgan fingerprint density at radius 3 is 2.09 bits per heavy atom. The molecule has 0 amide bonds. The minimum Gasteiger partial charge on any atom is -0.355 e. The van der Waals surface area contributed by atoms with Crippen molar-refractivity contribution >= 4 is 23.3 Å². The molecule has 0 unspecified atom stereocenters. The van der Waals surface area contributed by atoms with Gasteiger partial charge in [-0.2, -0.15) is 31.3 Å². The van der Waals surface area contributed by atoms with Crippen LogP contribution in [0, 0.1) is 0 Å². The minimum absolute atomic E-state index is 0.141. The highest BCUT2D eigenvalue weighted by Gasteiger charge is 2.36. The molecule has 2 aromatic carbocycles. The van der Waals surface area contributed by atoms with E-state index in [9.17, 15) is 26.3 Å². The van der Waals surface area contributed by atoms with Crippen molar-refractivity contribution in [3.63, 3.8) is 0 Å². The third-order valence-electron chi connectivity index (χ3n) is 8.10. The molecule has 6 rings (SSSR count). The molecule has 45 heavy (non-hydrogen) atoms. The number of fused-ring (bicyclic) bond motifs is 1. The number of pyridine rings is 1. The largest absolute Gasteiger partial charge is 0.419 e. The van der Waals surface area contributed by atoms with Crippen LogP contribution in [0.4, 0.5) is 49.6 Å². The van der Waals surface area contributed by atoms with E-state index in [1.807, 2.05) is 18.2 Å². The zero-order chi connectivity index (χ0) is 31.6. The molecule has 4 heterocycles. The number of benzene rings is 2. The summed E-state index contributed by atoms with van der Waals surface area (Å²) in [6, 6.07) is 17.1. The predicted octanol–water partition coefficient (Wildman–Crippen LogP) is 6.58. The molecule has 0 radical (unpaired) electrons. The molecule has 0 aliphatic carbocycles. The normalized spacial score (nSPS) is 16.3. The van der Waals surface area contributed by atoms with Crippen LogP contribution in [0.5, 0.6) is 0 Å². The van der Waals surface area contributed by atoms with Gasteiger partial charge in [0, 0.05) is 69.7 Å². The fraction of sp³-hybridized carbons (Fsp3) is 0.344. The number of alkyl halides is 6. The molecule has 0 saturated carbocycles. The lowest BCUT2D eigenvalue weighted by Crippen LogP contribution is -2.46. The van der Waals surface area contributed by atoms with E-state index in [0.29, 0.717) is 54.6 Å². The van der Waals surface area contributed by atoms with Gasteiger partial charge in [0.2, 0.25) is 5.95 Å². The van der Waals surface area contributed by atoms with E-state index in [0.717, 1.165) is 37.8 Å². The Morgan fingerprint density at radius 2 is 1.40 bits per heavy atom. The van der Waals surface area contributed by atoms with Crippen molar-refractivity contribution in [1.29, 1.82) is 0 Å². The average Bonchev–Trinajstić information content (AvgIpc) is 3.24. The van der Waals surface area contributed by atoms with Gasteiger partial charge < -0.3 is 15.1 Å². The summed E-state index contributed by atoms with van der Waals surface area (Å²) in [5.74, 6) is 0.767. The third kappa shape index (κ3) is 7.14. The van der Waals surface area contributed by atoms with Gasteiger partial charge in [-0.05, 0) is 48.4 Å². The Kier molecular flexibility index (Phi) is 8.54. The molecule has 0 bridgehead atoms. The smallest absolute Gasteiger partial charge is 0.355 e. The molecule has 1 saturated heterocycles. The van der Waals surface area contributed by atoms with Crippen LogP contribution < -0.4 is 15.1 Å². The number of rotatable bonds is 6. The molecule has 1 N–H and O–H groups in total. The van der Waals surface area contributed by atoms with Crippen LogP contribution in [0.15, 0.2) is 72.9 Å². The van der Waals surface area contributed by atoms with E-state index < -0.39 is 23.5 Å². The number of nitrogens with one attached hydrogen (secondary N) is 1. The summed E-state index contributed by atoms with van der Waals surface area (Å²) in [7, 11) is 0. The van der Waals surface area contributed by atoms with Gasteiger partial charge >= 0.3 is 12.4 Å². The molecular weight excluding hydrogens is 596 g/mol. The Balaban J connectivity index is 1.27. The van der Waals surface area contributed by atoms with Gasteiger partial charge in [0.15, 0.2) is 0 Å². The number of aromatic nitrogens is 3. The summed E-state index contributed by atoms with van der Waals surface area (Å²) in [5, 5.41) is 3.18. The lowest BCUT2D eigenvalue weighted by molar-refractivity contribution is -0.138. The number of halogens is 6. The van der Waals surface area contributed by atoms with Gasteiger partial charge in [0.05, 0.1) is 16.8 Å². The number of piperazine rings is 1. The molecule has 236 valence electrons. The Morgan fingerprint density at radius 1 is 0.689 bits per heavy atom. The Labute approximate surface area is 256 Å². The molecule has 0 spiro atoms. The van der Waals surface area contributed by atoms with Crippen LogP contribution in [0.3, 0.4) is 0 Å². The van der Waals surface area contributed by atoms with Crippen LogP contribution in [0.25, 0.3) is 0 Å². The molecule has 0 atom stereocenters. The quantitative estimate of drug-likeness (QED) is 0.243. The first kappa shape index (κ1) is 30.6. The fourth-order valence-electron chi connectivity index (χ4n) is 5.74. The van der Waals surface area contributed by atoms with Crippen molar-refractivity contribution in [3.8, 4) is 0 Å². The van der Waals surface area contributed by atoms with Gasteiger partial charge in [-0.15, -0.1) is 0 Å². The highest BCUT2D eigenvalue weighted by Crippen LogP contribution is 2.37. The van der Waals surface area contributed by atoms with E-state index >= 15 is 0 Å². The van der Waals surface area contributed by atoms with Crippen molar-refractivity contribution in [2.24, 2.45) is 0 Å². The molecule has 2 aromatic heterocycles. The van der Waals surface area contributed by atoms with Crippen LogP contribution in [-0.4, -0.2) is 59.1 Å². The molecular formula is C32H31F6N7. The second-order valence-corrected chi connectivity index (χ2v) is 11.1. The molecule has 7 nitrogen and oxygen atoms in total. The van der Waals surface area contributed by atoms with Gasteiger partial charge in [0.25, 0.3) is 0 Å². The summed E-state index contributed by atoms with van der Waals surface area (Å²) in [4.78, 5) is 19.8. The third-order valence-corrected chi connectivity index (χ3v) is 8.10. The van der Waals surface area contributed by atoms with Gasteiger partial charge in [-0.25, -0.2) is 9.97 Å². The minimum atomic E-state index is -4.56. The van der Waals surface area contributed by atoms with Crippen molar-refractivity contribution in [1.82, 2.24) is 19.9 Å². The van der Waals surface area contributed by atoms with E-state index in [2.05, 4.69) is 32.2 Å². The predicted molar refractivity (Wildman–Crippen MR) is 160 cm³/mol. The first-order chi connectivity index (χ1) is 21.5. The van der Waals surface area contributed by atoms with E-state index in [1.54, 1.807) is 4.90 Å². The first-order valence-electron chi connectivity index (χ1n) is 14.7. The second kappa shape index (κ2) is 12.5. The van der Waals surface area contributed by atoms with Gasteiger partial charge in [-0.3, -0.25) is 4.90 Å². The Bertz CT molecular complexity index is 1600. The summed E-state index contributed by atoms with van der Waals surface area (Å²) in [6.45, 7) is 4.21. The lowest BCUT2D eigenvalue weighted by atomic mass is 10.1. The standard InChI is InChI=1S/C32H31F6N7/c33-31(34,35)23-8-10-24(11-9-23)40-28-25-12-15-44(29-26(32(36,37)38)7-4-14-39-29)16-13-27(25)41-30(42-28)45-19-17-43(18-20-45)21-22-5-2-1-3-6-22/h1-11,14H,12-13,15-21H2,(H,40,41,42). The first-order valence-corrected chi connectivity index (χ1v) is 14.7. The average molecular weight is 628 g/mol. The van der Waals surface area contributed by atoms with Gasteiger partial charge in [-0.1, -0.05) is 30.3 Å². The summed E-state index contributed by atoms with van der Waals surface area (Å²) in [5.41, 5.74) is 1.46. The fourth-order valence-corrected chi connectivity index (χ4v) is 5.74. The van der Waals surface area contributed by atoms with E-state index in [1.165, 1.54) is 30.0 Å². The number of hydrogen-bond acceptors (Lipinski definition) is 7. The van der Waals surface area contributed by atoms with E-state index in [-0.39, 0.29) is 18.9 Å². The van der Waals surface area contributed by atoms with Crippen molar-refractivity contribution in [2.75, 3.05) is 54.4 Å². The SMILES string of the molecule is FC(F)(F)c1ccc(Nc2nc(N3CCN(Cc4ccccc4)CC3)nc3c2CCN(c2ncccc2C(F)(F)F)CC3)cc1. The highest BCUT2D eigenvalue weighted by atomic mass is 19.4. The molecule has 2 aliphatic rings. The molecule has 2 aliphatic heterocycles. The molecule has 13 heteroatoms. The lowest BCUT2D eigenvalue weighted by Gasteiger charge is -2.35. The Hall–Kier alpha value is -4.39. The molecule has 1 fully saturated rings. The highest BCUT2D eigenvalue weighted by molar-refractivity contribution is 5.63. The zero-order valence-corrected chi connectivity index (χ0v) is 24.2. The van der Waals surface area contributed by atoms with Crippen LogP contribution in [0.2, 0.25) is 0 Å². The van der Waals surface area contributed by atoms with Crippen LogP contribution >= 0.6 is 0 Å². The van der Waals surface area contributed by atoms with Crippen molar-refractivity contribution < 1.29 is 26.3 Å². The maximum atomic E-state index is 13.8. The summed E-state index contributed by atoms with van der Waals surface area (Å²) in [6.07, 6.45) is -7.03. The van der Waals surface area contributed by atoms with Crippen LogP contribution in [-0.2, 0) is 31.7 Å². The summed E-state index contributed by atoms with van der Waals surface area (Å²) >= 11 is 0. The maximum absolute atomic E-state index is 13.8. The van der Waals surface area contributed by atoms with Gasteiger partial charge in [0.1, 0.15) is 11.6 Å². The summed E-state index contributed by atoms with van der Waals surface area (Å²) < 4.78 is 80.9. The van der Waals surface area contributed by atoms with Crippen LogP contribution in [0.1, 0.15) is 27.9 Å². The molecule has 4 aromatic rings. The van der Waals surface area contributed by atoms with Crippen molar-refractivity contribution in [2.45, 2.75) is 31.7 Å². The number of anilines is 4. The van der Waals surface area contributed by atoms with E-state index in [4.69, 9.17) is 9.97 Å².